The second-order valence-electron chi connectivity index (χ2n) is 4.37. The van der Waals surface area contributed by atoms with E-state index in [2.05, 4.69) is 5.32 Å². The molecule has 0 heterocycles. The third kappa shape index (κ3) is 5.28. The minimum absolute atomic E-state index is 0.0543. The minimum atomic E-state index is -3.79. The molecule has 0 saturated heterocycles. The van der Waals surface area contributed by atoms with Gasteiger partial charge in [0.05, 0.1) is 9.92 Å². The van der Waals surface area contributed by atoms with E-state index in [0.29, 0.717) is 21.5 Å². The van der Waals surface area contributed by atoms with Crippen molar-refractivity contribution in [1.82, 2.24) is 0 Å². The van der Waals surface area contributed by atoms with Crippen molar-refractivity contribution in [2.75, 3.05) is 11.9 Å². The van der Waals surface area contributed by atoms with Gasteiger partial charge in [-0.2, -0.15) is 0 Å². The van der Waals surface area contributed by atoms with Crippen LogP contribution in [0.25, 0.3) is 0 Å². The molecule has 0 radical (unpaired) electrons. The Labute approximate surface area is 147 Å². The van der Waals surface area contributed by atoms with Crippen LogP contribution in [0.2, 0.25) is 10.0 Å². The average Bonchev–Trinajstić information content (AvgIpc) is 2.46. The summed E-state index contributed by atoms with van der Waals surface area (Å²) < 4.78 is 27.5. The number of benzene rings is 2. The van der Waals surface area contributed by atoms with Crippen LogP contribution in [0.1, 0.15) is 0 Å². The Kier molecular flexibility index (Phi) is 5.75. The maximum absolute atomic E-state index is 11.8. The largest absolute Gasteiger partial charge is 0.482 e. The molecule has 2 aromatic rings. The van der Waals surface area contributed by atoms with Crippen LogP contribution in [-0.2, 0) is 13.8 Å². The van der Waals surface area contributed by atoms with E-state index >= 15 is 0 Å². The summed E-state index contributed by atoms with van der Waals surface area (Å²) in [5, 5.41) is 3.30. The molecule has 0 bridgehead atoms. The first kappa shape index (κ1) is 17.9. The summed E-state index contributed by atoms with van der Waals surface area (Å²) in [6.07, 6.45) is 0. The van der Waals surface area contributed by atoms with Gasteiger partial charge in [0.15, 0.2) is 6.61 Å². The van der Waals surface area contributed by atoms with Gasteiger partial charge in [0.25, 0.3) is 15.0 Å². The smallest absolute Gasteiger partial charge is 0.262 e. The molecule has 9 heteroatoms. The van der Waals surface area contributed by atoms with E-state index in [1.54, 1.807) is 12.1 Å². The SMILES string of the molecule is O=C(COc1ccc(Cl)cc1Cl)Nc1ccc(S(=O)(=O)Cl)cc1. The minimum Gasteiger partial charge on any atom is -0.482 e. The number of amides is 1. The van der Waals surface area contributed by atoms with E-state index in [1.165, 1.54) is 30.3 Å². The molecule has 0 spiro atoms. The first-order valence-corrected chi connectivity index (χ1v) is 9.24. The fourth-order valence-corrected chi connectivity index (χ4v) is 2.87. The van der Waals surface area contributed by atoms with Crippen LogP contribution in [0, 0.1) is 0 Å². The maximum atomic E-state index is 11.8. The molecule has 1 amide bonds. The van der Waals surface area contributed by atoms with E-state index in [4.69, 9.17) is 38.6 Å². The van der Waals surface area contributed by atoms with Crippen LogP contribution in [0.4, 0.5) is 5.69 Å². The highest BCUT2D eigenvalue weighted by Gasteiger charge is 2.10. The molecule has 2 rings (SSSR count). The van der Waals surface area contributed by atoms with E-state index in [1.807, 2.05) is 0 Å². The lowest BCUT2D eigenvalue weighted by Crippen LogP contribution is -2.20. The Bertz CT molecular complexity index is 822. The third-order valence-electron chi connectivity index (χ3n) is 2.67. The summed E-state index contributed by atoms with van der Waals surface area (Å²) in [7, 11) is 1.41. The van der Waals surface area contributed by atoms with Gasteiger partial charge < -0.3 is 10.1 Å². The first-order chi connectivity index (χ1) is 10.8. The zero-order valence-electron chi connectivity index (χ0n) is 11.4. The lowest BCUT2D eigenvalue weighted by Gasteiger charge is -2.09. The highest BCUT2D eigenvalue weighted by molar-refractivity contribution is 8.13. The van der Waals surface area contributed by atoms with Crippen molar-refractivity contribution in [2.45, 2.75) is 4.90 Å². The van der Waals surface area contributed by atoms with Crippen molar-refractivity contribution in [1.29, 1.82) is 0 Å². The number of rotatable bonds is 5. The molecule has 0 fully saturated rings. The van der Waals surface area contributed by atoms with Gasteiger partial charge in [-0.05, 0) is 42.5 Å². The van der Waals surface area contributed by atoms with Gasteiger partial charge in [-0.15, -0.1) is 0 Å². The highest BCUT2D eigenvalue weighted by atomic mass is 35.7. The summed E-state index contributed by atoms with van der Waals surface area (Å²) >= 11 is 11.7. The van der Waals surface area contributed by atoms with Gasteiger partial charge in [-0.25, -0.2) is 8.42 Å². The Hall–Kier alpha value is -1.47. The molecule has 0 aliphatic heterocycles. The highest BCUT2D eigenvalue weighted by Crippen LogP contribution is 2.27. The number of hydrogen-bond donors (Lipinski definition) is 1. The zero-order valence-corrected chi connectivity index (χ0v) is 14.5. The number of hydrogen-bond acceptors (Lipinski definition) is 4. The standard InChI is InChI=1S/C14H10Cl3NO4S/c15-9-1-6-13(12(16)7-9)22-8-14(19)18-10-2-4-11(5-3-10)23(17,20)21/h1-7H,8H2,(H,18,19). The Balaban J connectivity index is 1.94. The van der Waals surface area contributed by atoms with Gasteiger partial charge >= 0.3 is 0 Å². The Morgan fingerprint density at radius 1 is 1.09 bits per heavy atom. The van der Waals surface area contributed by atoms with Crippen LogP contribution >= 0.6 is 33.9 Å². The molecule has 0 saturated carbocycles. The van der Waals surface area contributed by atoms with Crippen molar-refractivity contribution < 1.29 is 17.9 Å². The van der Waals surface area contributed by atoms with E-state index in [9.17, 15) is 13.2 Å². The number of anilines is 1. The monoisotopic (exact) mass is 393 g/mol. The summed E-state index contributed by atoms with van der Waals surface area (Å²) in [6.45, 7) is -0.267. The van der Waals surface area contributed by atoms with Crippen molar-refractivity contribution in [3.8, 4) is 5.75 Å². The van der Waals surface area contributed by atoms with Crippen molar-refractivity contribution in [3.05, 3.63) is 52.5 Å². The van der Waals surface area contributed by atoms with Crippen molar-refractivity contribution >= 4 is 54.5 Å². The predicted molar refractivity (Wildman–Crippen MR) is 90.1 cm³/mol. The molecule has 2 aromatic carbocycles. The van der Waals surface area contributed by atoms with Gasteiger partial charge in [0, 0.05) is 21.4 Å². The zero-order chi connectivity index (χ0) is 17.0. The van der Waals surface area contributed by atoms with Crippen LogP contribution in [-0.4, -0.2) is 20.9 Å². The summed E-state index contributed by atoms with van der Waals surface area (Å²) in [4.78, 5) is 11.7. The molecular formula is C14H10Cl3NO4S. The molecule has 122 valence electrons. The third-order valence-corrected chi connectivity index (χ3v) is 4.57. The van der Waals surface area contributed by atoms with Crippen LogP contribution in [0.5, 0.6) is 5.75 Å². The van der Waals surface area contributed by atoms with Crippen LogP contribution in [0.15, 0.2) is 47.4 Å². The number of carbonyl (C=O) groups excluding carboxylic acids is 1. The molecule has 0 unspecified atom stereocenters. The lowest BCUT2D eigenvalue weighted by molar-refractivity contribution is -0.118. The lowest BCUT2D eigenvalue weighted by atomic mass is 10.3. The molecule has 23 heavy (non-hydrogen) atoms. The number of nitrogens with one attached hydrogen (secondary N) is 1. The van der Waals surface area contributed by atoms with Gasteiger partial charge in [0.2, 0.25) is 0 Å². The number of halogens is 3. The summed E-state index contributed by atoms with van der Waals surface area (Å²) in [5.74, 6) is -0.104. The van der Waals surface area contributed by atoms with Crippen molar-refractivity contribution in [3.63, 3.8) is 0 Å². The second kappa shape index (κ2) is 7.40. The van der Waals surface area contributed by atoms with Gasteiger partial charge in [-0.3, -0.25) is 4.79 Å². The normalized spacial score (nSPS) is 11.1. The predicted octanol–water partition coefficient (Wildman–Crippen LogP) is 3.94. The topological polar surface area (TPSA) is 72.5 Å². The molecule has 0 aliphatic rings. The van der Waals surface area contributed by atoms with Crippen LogP contribution < -0.4 is 10.1 Å². The van der Waals surface area contributed by atoms with Crippen LogP contribution in [0.3, 0.4) is 0 Å². The Morgan fingerprint density at radius 3 is 2.30 bits per heavy atom. The molecule has 1 N–H and O–H groups in total. The number of ether oxygens (including phenoxy) is 1. The summed E-state index contributed by atoms with van der Waals surface area (Å²) in [5.41, 5.74) is 0.407. The fraction of sp³-hybridized carbons (Fsp3) is 0.0714. The molecule has 0 aliphatic carbocycles. The van der Waals surface area contributed by atoms with E-state index in [-0.39, 0.29) is 11.5 Å². The Morgan fingerprint density at radius 2 is 1.74 bits per heavy atom. The first-order valence-electron chi connectivity index (χ1n) is 6.18. The average molecular weight is 395 g/mol. The van der Waals surface area contributed by atoms with E-state index in [0.717, 1.165) is 0 Å². The maximum Gasteiger partial charge on any atom is 0.262 e. The second-order valence-corrected chi connectivity index (χ2v) is 7.78. The van der Waals surface area contributed by atoms with Crippen molar-refractivity contribution in [2.24, 2.45) is 0 Å². The molecule has 0 atom stereocenters. The fourth-order valence-electron chi connectivity index (χ4n) is 1.63. The van der Waals surface area contributed by atoms with Gasteiger partial charge in [-0.1, -0.05) is 23.2 Å². The molecular weight excluding hydrogens is 385 g/mol. The van der Waals surface area contributed by atoms with E-state index < -0.39 is 15.0 Å². The molecule has 0 aromatic heterocycles. The number of carbonyl (C=O) groups is 1. The summed E-state index contributed by atoms with van der Waals surface area (Å²) in [6, 6.07) is 10.1. The quantitative estimate of drug-likeness (QED) is 0.780. The van der Waals surface area contributed by atoms with Gasteiger partial charge in [0.1, 0.15) is 5.75 Å². The molecule has 5 nitrogen and oxygen atoms in total.